The van der Waals surface area contributed by atoms with E-state index in [1.165, 1.54) is 57.8 Å². The Morgan fingerprint density at radius 2 is 1.29 bits per heavy atom. The van der Waals surface area contributed by atoms with Gasteiger partial charge in [-0.25, -0.2) is 0 Å². The van der Waals surface area contributed by atoms with E-state index < -0.39 is 0 Å². The molecule has 2 rings (SSSR count). The van der Waals surface area contributed by atoms with Crippen molar-refractivity contribution >= 4 is 0 Å². The van der Waals surface area contributed by atoms with E-state index >= 15 is 0 Å². The quantitative estimate of drug-likeness (QED) is 0.501. The van der Waals surface area contributed by atoms with Crippen molar-refractivity contribution in [2.24, 2.45) is 11.3 Å². The highest BCUT2D eigenvalue weighted by atomic mass is 14.3. The van der Waals surface area contributed by atoms with Crippen molar-refractivity contribution < 1.29 is 0 Å². The van der Waals surface area contributed by atoms with Crippen molar-refractivity contribution in [3.63, 3.8) is 0 Å². The Balaban J connectivity index is 0.000000146. The maximum Gasteiger partial charge on any atom is -0.0354 e. The minimum Gasteiger partial charge on any atom is -0.0625 e. The molecule has 14 heavy (non-hydrogen) atoms. The van der Waals surface area contributed by atoms with Crippen molar-refractivity contribution in [2.75, 3.05) is 0 Å². The molecule has 0 aliphatic heterocycles. The molecule has 0 heteroatoms. The lowest BCUT2D eigenvalue weighted by atomic mass is 9.78. The van der Waals surface area contributed by atoms with Gasteiger partial charge in [0.15, 0.2) is 0 Å². The third-order valence-corrected chi connectivity index (χ3v) is 3.85. The topological polar surface area (TPSA) is 0 Å². The second-order valence-electron chi connectivity index (χ2n) is 6.11. The summed E-state index contributed by atoms with van der Waals surface area (Å²) in [6.07, 6.45) is 13.3. The van der Waals surface area contributed by atoms with Crippen molar-refractivity contribution in [1.82, 2.24) is 0 Å². The zero-order valence-electron chi connectivity index (χ0n) is 10.4. The van der Waals surface area contributed by atoms with Crippen molar-refractivity contribution in [2.45, 2.75) is 78.6 Å². The zero-order chi connectivity index (χ0) is 10.4. The van der Waals surface area contributed by atoms with Crippen LogP contribution in [0.4, 0.5) is 0 Å². The Morgan fingerprint density at radius 3 is 1.50 bits per heavy atom. The molecule has 0 aromatic carbocycles. The largest absolute Gasteiger partial charge is 0.0625 e. The molecule has 0 atom stereocenters. The van der Waals surface area contributed by atoms with Gasteiger partial charge in [-0.2, -0.15) is 0 Å². The SMILES string of the molecule is CC1(C)CCCCC1.CC1CCCC1. The lowest BCUT2D eigenvalue weighted by molar-refractivity contribution is 0.244. The van der Waals surface area contributed by atoms with Crippen molar-refractivity contribution in [3.8, 4) is 0 Å². The summed E-state index contributed by atoms with van der Waals surface area (Å²) < 4.78 is 0. The lowest BCUT2D eigenvalue weighted by Crippen LogP contribution is -2.14. The maximum absolute atomic E-state index is 2.38. The summed E-state index contributed by atoms with van der Waals surface area (Å²) in [6, 6.07) is 0. The average molecular weight is 196 g/mol. The van der Waals surface area contributed by atoms with E-state index in [4.69, 9.17) is 0 Å². The summed E-state index contributed by atoms with van der Waals surface area (Å²) in [5.41, 5.74) is 0.679. The molecule has 2 aliphatic rings. The first-order valence-corrected chi connectivity index (χ1v) is 6.60. The molecule has 0 amide bonds. The Kier molecular flexibility index (Phi) is 4.98. The molecule has 2 aliphatic carbocycles. The van der Waals surface area contributed by atoms with E-state index in [2.05, 4.69) is 20.8 Å². The van der Waals surface area contributed by atoms with Crippen LogP contribution in [0.1, 0.15) is 78.6 Å². The second kappa shape index (κ2) is 5.78. The van der Waals surface area contributed by atoms with Gasteiger partial charge in [-0.1, -0.05) is 65.7 Å². The summed E-state index contributed by atoms with van der Waals surface area (Å²) >= 11 is 0. The van der Waals surface area contributed by atoms with E-state index in [1.54, 1.807) is 0 Å². The molecule has 0 N–H and O–H groups in total. The number of rotatable bonds is 0. The van der Waals surface area contributed by atoms with Gasteiger partial charge in [-0.15, -0.1) is 0 Å². The van der Waals surface area contributed by atoms with Crippen LogP contribution in [0.5, 0.6) is 0 Å². The summed E-state index contributed by atoms with van der Waals surface area (Å²) in [6.45, 7) is 7.10. The third-order valence-electron chi connectivity index (χ3n) is 3.85. The summed E-state index contributed by atoms with van der Waals surface area (Å²) in [7, 11) is 0. The fraction of sp³-hybridized carbons (Fsp3) is 1.00. The minimum absolute atomic E-state index is 0.679. The monoisotopic (exact) mass is 196 g/mol. The van der Waals surface area contributed by atoms with Crippen LogP contribution in [-0.2, 0) is 0 Å². The van der Waals surface area contributed by atoms with Gasteiger partial charge in [-0.3, -0.25) is 0 Å². The standard InChI is InChI=1S/C8H16.C6H12/c1-8(2)6-4-3-5-7-8;1-6-4-2-3-5-6/h3-7H2,1-2H3;6H,2-5H2,1H3. The molecule has 0 saturated heterocycles. The first-order chi connectivity index (χ1) is 6.60. The summed E-state index contributed by atoms with van der Waals surface area (Å²) in [4.78, 5) is 0. The van der Waals surface area contributed by atoms with Gasteiger partial charge in [0.2, 0.25) is 0 Å². The van der Waals surface area contributed by atoms with Crippen LogP contribution >= 0.6 is 0 Å². The van der Waals surface area contributed by atoms with E-state index in [1.807, 2.05) is 0 Å². The summed E-state index contributed by atoms with van der Waals surface area (Å²) in [5, 5.41) is 0. The fourth-order valence-corrected chi connectivity index (χ4v) is 2.64. The Bertz CT molecular complexity index is 132. The highest BCUT2D eigenvalue weighted by molar-refractivity contribution is 4.72. The van der Waals surface area contributed by atoms with E-state index in [9.17, 15) is 0 Å². The van der Waals surface area contributed by atoms with E-state index in [-0.39, 0.29) is 0 Å². The van der Waals surface area contributed by atoms with Crippen LogP contribution in [0.3, 0.4) is 0 Å². The molecular formula is C14H28. The molecule has 0 unspecified atom stereocenters. The predicted octanol–water partition coefficient (Wildman–Crippen LogP) is 5.17. The molecule has 2 saturated carbocycles. The molecule has 2 fully saturated rings. The van der Waals surface area contributed by atoms with Gasteiger partial charge >= 0.3 is 0 Å². The molecule has 0 spiro atoms. The van der Waals surface area contributed by atoms with Crippen LogP contribution in [0.15, 0.2) is 0 Å². The van der Waals surface area contributed by atoms with Crippen LogP contribution in [0.2, 0.25) is 0 Å². The first kappa shape index (κ1) is 12.1. The van der Waals surface area contributed by atoms with Crippen molar-refractivity contribution in [1.29, 1.82) is 0 Å². The zero-order valence-corrected chi connectivity index (χ0v) is 10.4. The van der Waals surface area contributed by atoms with Gasteiger partial charge in [-0.05, 0) is 24.2 Å². The molecule has 0 bridgehead atoms. The highest BCUT2D eigenvalue weighted by Crippen LogP contribution is 2.34. The number of hydrogen-bond donors (Lipinski definition) is 0. The third kappa shape index (κ3) is 5.02. The smallest absolute Gasteiger partial charge is 0.0354 e. The number of hydrogen-bond acceptors (Lipinski definition) is 0. The fourth-order valence-electron chi connectivity index (χ4n) is 2.64. The van der Waals surface area contributed by atoms with Gasteiger partial charge < -0.3 is 0 Å². The Labute approximate surface area is 90.5 Å². The summed E-state index contributed by atoms with van der Waals surface area (Å²) in [5.74, 6) is 1.05. The second-order valence-corrected chi connectivity index (χ2v) is 6.11. The molecule has 84 valence electrons. The van der Waals surface area contributed by atoms with Crippen LogP contribution in [0.25, 0.3) is 0 Å². The molecule has 0 aromatic rings. The molecule has 0 heterocycles. The van der Waals surface area contributed by atoms with E-state index in [0.29, 0.717) is 5.41 Å². The molecular weight excluding hydrogens is 168 g/mol. The Hall–Kier alpha value is 0. The first-order valence-electron chi connectivity index (χ1n) is 6.60. The van der Waals surface area contributed by atoms with E-state index in [0.717, 1.165) is 5.92 Å². The normalized spacial score (nSPS) is 26.8. The molecule has 0 radical (unpaired) electrons. The van der Waals surface area contributed by atoms with Gasteiger partial charge in [0.25, 0.3) is 0 Å². The lowest BCUT2D eigenvalue weighted by Gasteiger charge is -2.28. The van der Waals surface area contributed by atoms with Crippen LogP contribution in [-0.4, -0.2) is 0 Å². The van der Waals surface area contributed by atoms with Gasteiger partial charge in [0.05, 0.1) is 0 Å². The average Bonchev–Trinajstić information content (AvgIpc) is 2.56. The molecule has 0 aromatic heterocycles. The minimum atomic E-state index is 0.679. The predicted molar refractivity (Wildman–Crippen MR) is 64.5 cm³/mol. The van der Waals surface area contributed by atoms with Crippen LogP contribution in [0, 0.1) is 11.3 Å². The van der Waals surface area contributed by atoms with Gasteiger partial charge in [0.1, 0.15) is 0 Å². The highest BCUT2D eigenvalue weighted by Gasteiger charge is 2.19. The molecule has 0 nitrogen and oxygen atoms in total. The Morgan fingerprint density at radius 1 is 0.786 bits per heavy atom. The van der Waals surface area contributed by atoms with Crippen LogP contribution < -0.4 is 0 Å². The van der Waals surface area contributed by atoms with Crippen molar-refractivity contribution in [3.05, 3.63) is 0 Å². The maximum atomic E-state index is 2.38. The van der Waals surface area contributed by atoms with Gasteiger partial charge in [0, 0.05) is 0 Å².